The molecule has 0 aromatic rings. The van der Waals surface area contributed by atoms with Crippen LogP contribution in [-0.4, -0.2) is 25.2 Å². The molecule has 1 fully saturated rings. The predicted molar refractivity (Wildman–Crippen MR) is 54.2 cm³/mol. The molecule has 4 nitrogen and oxygen atoms in total. The number of esters is 2. The number of cyclic esters (lactones) is 2. The fourth-order valence-electron chi connectivity index (χ4n) is 1.36. The minimum atomic E-state index is -0.315. The van der Waals surface area contributed by atoms with Crippen LogP contribution in [0.1, 0.15) is 39.5 Å². The van der Waals surface area contributed by atoms with E-state index < -0.39 is 0 Å². The molecule has 1 rings (SSSR count). The average Bonchev–Trinajstić information content (AvgIpc) is 2.15. The summed E-state index contributed by atoms with van der Waals surface area (Å²) in [6.07, 6.45) is 1.85. The normalized spacial score (nSPS) is 23.6. The van der Waals surface area contributed by atoms with Crippen molar-refractivity contribution in [3.8, 4) is 0 Å². The lowest BCUT2D eigenvalue weighted by atomic mass is 9.86. The lowest BCUT2D eigenvalue weighted by Gasteiger charge is -2.23. The van der Waals surface area contributed by atoms with E-state index in [9.17, 15) is 9.59 Å². The van der Waals surface area contributed by atoms with Gasteiger partial charge in [0.05, 0.1) is 26.1 Å². The molecule has 0 saturated carbocycles. The summed E-state index contributed by atoms with van der Waals surface area (Å²) in [5.74, 6) is -0.630. The highest BCUT2D eigenvalue weighted by molar-refractivity contribution is 5.77. The molecular formula is C11H18O4. The summed E-state index contributed by atoms with van der Waals surface area (Å²) in [5.41, 5.74) is 0.0465. The lowest BCUT2D eigenvalue weighted by molar-refractivity contribution is -0.149. The molecule has 1 saturated heterocycles. The summed E-state index contributed by atoms with van der Waals surface area (Å²) in [5, 5.41) is 0. The van der Waals surface area contributed by atoms with E-state index in [0.29, 0.717) is 13.2 Å². The molecule has 0 N–H and O–H groups in total. The van der Waals surface area contributed by atoms with E-state index >= 15 is 0 Å². The van der Waals surface area contributed by atoms with Crippen molar-refractivity contribution >= 4 is 11.9 Å². The smallest absolute Gasteiger partial charge is 0.306 e. The second-order valence-corrected chi connectivity index (χ2v) is 4.61. The zero-order valence-electron chi connectivity index (χ0n) is 9.38. The Hall–Kier alpha value is -1.06. The Morgan fingerprint density at radius 1 is 0.933 bits per heavy atom. The monoisotopic (exact) mass is 214 g/mol. The van der Waals surface area contributed by atoms with Crippen molar-refractivity contribution in [3.63, 3.8) is 0 Å². The van der Waals surface area contributed by atoms with Gasteiger partial charge < -0.3 is 9.47 Å². The van der Waals surface area contributed by atoms with E-state index in [2.05, 4.69) is 13.8 Å². The van der Waals surface area contributed by atoms with Crippen molar-refractivity contribution in [2.45, 2.75) is 39.5 Å². The quantitative estimate of drug-likeness (QED) is 0.575. The number of hydrogen-bond donors (Lipinski definition) is 0. The fraction of sp³-hybridized carbons (Fsp3) is 0.818. The largest absolute Gasteiger partial charge is 0.466 e. The molecule has 1 aliphatic heterocycles. The van der Waals surface area contributed by atoms with Gasteiger partial charge in [-0.05, 0) is 18.3 Å². The Morgan fingerprint density at radius 3 is 1.73 bits per heavy atom. The first-order valence-electron chi connectivity index (χ1n) is 5.31. The average molecular weight is 214 g/mol. The molecule has 0 bridgehead atoms. The maximum absolute atomic E-state index is 11.1. The van der Waals surface area contributed by atoms with Gasteiger partial charge >= 0.3 is 11.9 Å². The molecule has 4 heteroatoms. The van der Waals surface area contributed by atoms with Crippen molar-refractivity contribution in [2.75, 3.05) is 13.2 Å². The van der Waals surface area contributed by atoms with Gasteiger partial charge in [-0.1, -0.05) is 13.8 Å². The Labute approximate surface area is 89.9 Å². The van der Waals surface area contributed by atoms with Crippen molar-refractivity contribution in [1.82, 2.24) is 0 Å². The van der Waals surface area contributed by atoms with E-state index in [1.54, 1.807) is 0 Å². The summed E-state index contributed by atoms with van der Waals surface area (Å²) < 4.78 is 10.0. The van der Waals surface area contributed by atoms with Crippen molar-refractivity contribution < 1.29 is 19.1 Å². The second-order valence-electron chi connectivity index (χ2n) is 4.61. The minimum Gasteiger partial charge on any atom is -0.466 e. The first-order chi connectivity index (χ1) is 6.99. The first-order valence-corrected chi connectivity index (χ1v) is 5.31. The van der Waals surface area contributed by atoms with E-state index in [-0.39, 0.29) is 30.2 Å². The highest BCUT2D eigenvalue weighted by atomic mass is 16.5. The maximum atomic E-state index is 11.1. The minimum absolute atomic E-state index is 0.0465. The van der Waals surface area contributed by atoms with Crippen LogP contribution in [0.25, 0.3) is 0 Å². The summed E-state index contributed by atoms with van der Waals surface area (Å²) in [6.45, 7) is 5.01. The molecule has 0 radical (unpaired) electrons. The number of carbonyl (C=O) groups excluding carboxylic acids is 2. The molecule has 0 spiro atoms. The Morgan fingerprint density at radius 2 is 1.33 bits per heavy atom. The van der Waals surface area contributed by atoms with Crippen LogP contribution in [0, 0.1) is 5.41 Å². The maximum Gasteiger partial charge on any atom is 0.306 e. The van der Waals surface area contributed by atoms with Gasteiger partial charge in [-0.25, -0.2) is 0 Å². The second kappa shape index (κ2) is 5.14. The van der Waals surface area contributed by atoms with Crippen molar-refractivity contribution in [2.24, 2.45) is 5.41 Å². The number of hydrogen-bond acceptors (Lipinski definition) is 4. The topological polar surface area (TPSA) is 52.6 Å². The van der Waals surface area contributed by atoms with E-state index in [4.69, 9.17) is 9.47 Å². The number of ether oxygens (including phenoxy) is 2. The van der Waals surface area contributed by atoms with E-state index in [1.165, 1.54) is 0 Å². The third-order valence-electron chi connectivity index (χ3n) is 2.62. The van der Waals surface area contributed by atoms with E-state index in [1.807, 2.05) is 0 Å². The molecule has 1 aliphatic rings. The SMILES string of the molecule is CC1(C)CCOC(=O)CCC(=O)OCC1. The van der Waals surface area contributed by atoms with Crippen molar-refractivity contribution in [3.05, 3.63) is 0 Å². The van der Waals surface area contributed by atoms with Crippen LogP contribution in [0.15, 0.2) is 0 Å². The highest BCUT2D eigenvalue weighted by Crippen LogP contribution is 2.25. The van der Waals surface area contributed by atoms with Crippen LogP contribution in [0.2, 0.25) is 0 Å². The molecule has 15 heavy (non-hydrogen) atoms. The van der Waals surface area contributed by atoms with Crippen LogP contribution in [0.3, 0.4) is 0 Å². The molecule has 0 atom stereocenters. The van der Waals surface area contributed by atoms with Crippen LogP contribution >= 0.6 is 0 Å². The summed E-state index contributed by atoms with van der Waals surface area (Å²) in [7, 11) is 0. The lowest BCUT2D eigenvalue weighted by Crippen LogP contribution is -2.18. The molecule has 0 aromatic heterocycles. The molecule has 0 aliphatic carbocycles. The summed E-state index contributed by atoms with van der Waals surface area (Å²) in [4.78, 5) is 22.3. The predicted octanol–water partition coefficient (Wildman–Crippen LogP) is 1.67. The van der Waals surface area contributed by atoms with Crippen LogP contribution in [0.4, 0.5) is 0 Å². The van der Waals surface area contributed by atoms with Crippen molar-refractivity contribution in [1.29, 1.82) is 0 Å². The van der Waals surface area contributed by atoms with E-state index in [0.717, 1.165) is 12.8 Å². The summed E-state index contributed by atoms with van der Waals surface area (Å²) in [6, 6.07) is 0. The molecule has 86 valence electrons. The molecule has 1 heterocycles. The highest BCUT2D eigenvalue weighted by Gasteiger charge is 2.20. The van der Waals surface area contributed by atoms with Crippen LogP contribution in [0.5, 0.6) is 0 Å². The zero-order chi connectivity index (χ0) is 11.3. The van der Waals surface area contributed by atoms with Crippen LogP contribution in [-0.2, 0) is 19.1 Å². The standard InChI is InChI=1S/C11H18O4/c1-11(2)5-7-14-9(12)3-4-10(13)15-8-6-11/h3-8H2,1-2H3. The van der Waals surface area contributed by atoms with Gasteiger partial charge in [-0.15, -0.1) is 0 Å². The van der Waals surface area contributed by atoms with Gasteiger partial charge in [-0.3, -0.25) is 9.59 Å². The molecule has 0 amide bonds. The third-order valence-corrected chi connectivity index (χ3v) is 2.62. The van der Waals surface area contributed by atoms with Gasteiger partial charge in [0, 0.05) is 0 Å². The fourth-order valence-corrected chi connectivity index (χ4v) is 1.36. The van der Waals surface area contributed by atoms with Gasteiger partial charge in [0.2, 0.25) is 0 Å². The van der Waals surface area contributed by atoms with Gasteiger partial charge in [0.15, 0.2) is 0 Å². The molecular weight excluding hydrogens is 196 g/mol. The Bertz CT molecular complexity index is 221. The Kier molecular flexibility index (Phi) is 4.12. The molecule has 0 unspecified atom stereocenters. The zero-order valence-corrected chi connectivity index (χ0v) is 9.38. The van der Waals surface area contributed by atoms with Crippen LogP contribution < -0.4 is 0 Å². The number of rotatable bonds is 0. The number of carbonyl (C=O) groups is 2. The first kappa shape index (κ1) is 12.0. The van der Waals surface area contributed by atoms with Gasteiger partial charge in [-0.2, -0.15) is 0 Å². The Balaban J connectivity index is 2.52. The van der Waals surface area contributed by atoms with Gasteiger partial charge in [0.25, 0.3) is 0 Å². The van der Waals surface area contributed by atoms with Gasteiger partial charge in [0.1, 0.15) is 0 Å². The summed E-state index contributed by atoms with van der Waals surface area (Å²) >= 11 is 0. The molecule has 0 aromatic carbocycles. The third kappa shape index (κ3) is 4.81.